The molecule has 14 heavy (non-hydrogen) atoms. The fourth-order valence-corrected chi connectivity index (χ4v) is 3.40. The first kappa shape index (κ1) is 10.3. The van der Waals surface area contributed by atoms with Crippen molar-refractivity contribution in [2.24, 2.45) is 0 Å². The van der Waals surface area contributed by atoms with Crippen molar-refractivity contribution >= 4 is 17.7 Å². The third-order valence-electron chi connectivity index (χ3n) is 3.10. The van der Waals surface area contributed by atoms with Crippen LogP contribution in [0.2, 0.25) is 0 Å². The number of hydrogen-bond acceptors (Lipinski definition) is 3. The van der Waals surface area contributed by atoms with Crippen LogP contribution in [0.4, 0.5) is 0 Å². The van der Waals surface area contributed by atoms with Crippen molar-refractivity contribution in [3.8, 4) is 0 Å². The third kappa shape index (κ3) is 2.06. The van der Waals surface area contributed by atoms with Gasteiger partial charge in [0.2, 0.25) is 0 Å². The molecule has 0 aromatic heterocycles. The van der Waals surface area contributed by atoms with E-state index in [0.717, 1.165) is 5.75 Å². The zero-order chi connectivity index (χ0) is 10.1. The van der Waals surface area contributed by atoms with Gasteiger partial charge in [-0.05, 0) is 31.9 Å². The molecule has 0 spiro atoms. The Balaban J connectivity index is 2.02. The molecule has 1 heterocycles. The fraction of sp³-hybridized carbons (Fsp3) is 0.900. The van der Waals surface area contributed by atoms with Gasteiger partial charge in [-0.25, -0.2) is 0 Å². The molecule has 2 rings (SSSR count). The summed E-state index contributed by atoms with van der Waals surface area (Å²) in [5.41, 5.74) is 0. The lowest BCUT2D eigenvalue weighted by molar-refractivity contribution is -0.143. The second-order valence-corrected chi connectivity index (χ2v) is 5.36. The molecular weight excluding hydrogens is 198 g/mol. The van der Waals surface area contributed by atoms with Crippen molar-refractivity contribution in [3.05, 3.63) is 0 Å². The second kappa shape index (κ2) is 4.11. The maximum atomic E-state index is 11.0. The largest absolute Gasteiger partial charge is 0.480 e. The van der Waals surface area contributed by atoms with Gasteiger partial charge in [0.05, 0.1) is 0 Å². The van der Waals surface area contributed by atoms with Gasteiger partial charge in [0.15, 0.2) is 0 Å². The van der Waals surface area contributed by atoms with E-state index in [1.54, 1.807) is 0 Å². The molecule has 1 N–H and O–H groups in total. The first-order chi connectivity index (χ1) is 6.70. The van der Waals surface area contributed by atoms with Gasteiger partial charge < -0.3 is 5.11 Å². The van der Waals surface area contributed by atoms with Crippen LogP contribution in [0.15, 0.2) is 0 Å². The van der Waals surface area contributed by atoms with Gasteiger partial charge in [0.25, 0.3) is 0 Å². The fourth-order valence-electron chi connectivity index (χ4n) is 2.19. The van der Waals surface area contributed by atoms with Crippen molar-refractivity contribution < 1.29 is 9.90 Å². The number of thioether (sulfide) groups is 1. The molecular formula is C10H17NO2S. The van der Waals surface area contributed by atoms with E-state index < -0.39 is 5.97 Å². The van der Waals surface area contributed by atoms with Crippen LogP contribution in [0.1, 0.15) is 26.2 Å². The molecule has 3 nitrogen and oxygen atoms in total. The number of carboxylic acids is 1. The molecule has 0 aromatic carbocycles. The van der Waals surface area contributed by atoms with Crippen LogP contribution in [-0.4, -0.2) is 45.6 Å². The third-order valence-corrected chi connectivity index (χ3v) is 4.25. The Morgan fingerprint density at radius 3 is 2.57 bits per heavy atom. The van der Waals surface area contributed by atoms with Gasteiger partial charge >= 0.3 is 5.97 Å². The molecule has 1 aliphatic heterocycles. The molecule has 80 valence electrons. The van der Waals surface area contributed by atoms with Crippen molar-refractivity contribution in [2.45, 2.75) is 44.3 Å². The number of nitrogens with zero attached hydrogens (tertiary/aromatic N) is 1. The molecule has 1 aliphatic carbocycles. The second-order valence-electron chi connectivity index (χ2n) is 4.21. The van der Waals surface area contributed by atoms with Gasteiger partial charge in [-0.15, -0.1) is 0 Å². The summed E-state index contributed by atoms with van der Waals surface area (Å²) >= 11 is 1.95. The van der Waals surface area contributed by atoms with Gasteiger partial charge in [-0.3, -0.25) is 9.69 Å². The highest BCUT2D eigenvalue weighted by Crippen LogP contribution is 2.35. The monoisotopic (exact) mass is 215 g/mol. The molecule has 2 fully saturated rings. The van der Waals surface area contributed by atoms with E-state index in [1.807, 2.05) is 18.7 Å². The van der Waals surface area contributed by atoms with Gasteiger partial charge in [-0.1, -0.05) is 0 Å². The highest BCUT2D eigenvalue weighted by atomic mass is 32.2. The minimum absolute atomic E-state index is 0.300. The lowest BCUT2D eigenvalue weighted by Crippen LogP contribution is -2.47. The summed E-state index contributed by atoms with van der Waals surface area (Å²) in [6, 6.07) is 0.773. The van der Waals surface area contributed by atoms with Crippen molar-refractivity contribution in [1.29, 1.82) is 0 Å². The summed E-state index contributed by atoms with van der Waals surface area (Å²) in [5.74, 6) is 1.64. The lowest BCUT2D eigenvalue weighted by Gasteiger charge is -2.31. The van der Waals surface area contributed by atoms with E-state index in [4.69, 9.17) is 5.11 Å². The summed E-state index contributed by atoms with van der Waals surface area (Å²) in [5, 5.41) is 9.04. The summed E-state index contributed by atoms with van der Waals surface area (Å²) in [7, 11) is 0. The highest BCUT2D eigenvalue weighted by Gasteiger charge is 2.40. The van der Waals surface area contributed by atoms with Crippen LogP contribution in [0, 0.1) is 0 Å². The molecule has 0 unspecified atom stereocenters. The molecule has 0 amide bonds. The molecule has 0 aromatic rings. The van der Waals surface area contributed by atoms with E-state index in [-0.39, 0.29) is 6.04 Å². The van der Waals surface area contributed by atoms with Gasteiger partial charge in [0, 0.05) is 17.8 Å². The van der Waals surface area contributed by atoms with Crippen LogP contribution in [0.5, 0.6) is 0 Å². The molecule has 0 radical (unpaired) electrons. The Bertz CT molecular complexity index is 224. The van der Waals surface area contributed by atoms with Crippen molar-refractivity contribution in [3.63, 3.8) is 0 Å². The van der Waals surface area contributed by atoms with Crippen LogP contribution < -0.4 is 0 Å². The Morgan fingerprint density at radius 1 is 1.43 bits per heavy atom. The minimum atomic E-state index is -0.672. The van der Waals surface area contributed by atoms with Gasteiger partial charge in [0.1, 0.15) is 6.04 Å². The Labute approximate surface area is 88.9 Å². The Kier molecular flexibility index (Phi) is 3.02. The van der Waals surface area contributed by atoms with E-state index >= 15 is 0 Å². The summed E-state index contributed by atoms with van der Waals surface area (Å²) in [6.07, 6.45) is 3.55. The van der Waals surface area contributed by atoms with Crippen LogP contribution in [0.3, 0.4) is 0 Å². The quantitative estimate of drug-likeness (QED) is 0.770. The molecule has 1 saturated carbocycles. The Morgan fingerprint density at radius 2 is 2.14 bits per heavy atom. The standard InChI is InChI=1S/C10H17NO2S/c1-7(10(12)13)11(8-2-3-8)9-4-5-14-6-9/h7-9H,2-6H2,1H3,(H,12,13)/t7-,9-/m0/s1. The highest BCUT2D eigenvalue weighted by molar-refractivity contribution is 7.99. The number of carbonyl (C=O) groups is 1. The molecule has 2 atom stereocenters. The van der Waals surface area contributed by atoms with E-state index in [2.05, 4.69) is 4.90 Å². The molecule has 0 bridgehead atoms. The number of rotatable bonds is 4. The molecule has 4 heteroatoms. The molecule has 1 saturated heterocycles. The summed E-state index contributed by atoms with van der Waals surface area (Å²) in [6.45, 7) is 1.82. The van der Waals surface area contributed by atoms with Crippen LogP contribution >= 0.6 is 11.8 Å². The minimum Gasteiger partial charge on any atom is -0.480 e. The zero-order valence-electron chi connectivity index (χ0n) is 8.48. The number of carboxylic acid groups (broad SMARTS) is 1. The maximum Gasteiger partial charge on any atom is 0.320 e. The zero-order valence-corrected chi connectivity index (χ0v) is 9.30. The van der Waals surface area contributed by atoms with Crippen molar-refractivity contribution in [2.75, 3.05) is 11.5 Å². The van der Waals surface area contributed by atoms with Crippen LogP contribution in [-0.2, 0) is 4.79 Å². The van der Waals surface area contributed by atoms with Gasteiger partial charge in [-0.2, -0.15) is 11.8 Å². The van der Waals surface area contributed by atoms with E-state index in [1.165, 1.54) is 25.0 Å². The number of hydrogen-bond donors (Lipinski definition) is 1. The maximum absolute atomic E-state index is 11.0. The van der Waals surface area contributed by atoms with E-state index in [9.17, 15) is 4.79 Å². The molecule has 2 aliphatic rings. The SMILES string of the molecule is C[C@@H](C(=O)O)N(C1CC1)[C@H]1CCSC1. The smallest absolute Gasteiger partial charge is 0.320 e. The predicted molar refractivity (Wildman–Crippen MR) is 57.7 cm³/mol. The van der Waals surface area contributed by atoms with Crippen molar-refractivity contribution in [1.82, 2.24) is 4.90 Å². The first-order valence-corrected chi connectivity index (χ1v) is 6.43. The summed E-state index contributed by atoms with van der Waals surface area (Å²) < 4.78 is 0. The Hall–Kier alpha value is -0.220. The predicted octanol–water partition coefficient (Wildman–Crippen LogP) is 1.43. The summed E-state index contributed by atoms with van der Waals surface area (Å²) in [4.78, 5) is 13.2. The normalized spacial score (nSPS) is 29.4. The number of aliphatic carboxylic acids is 1. The lowest BCUT2D eigenvalue weighted by atomic mass is 10.1. The van der Waals surface area contributed by atoms with E-state index in [0.29, 0.717) is 12.1 Å². The van der Waals surface area contributed by atoms with Crippen LogP contribution in [0.25, 0.3) is 0 Å². The first-order valence-electron chi connectivity index (χ1n) is 5.28. The topological polar surface area (TPSA) is 40.5 Å². The average molecular weight is 215 g/mol. The average Bonchev–Trinajstić information content (AvgIpc) is 2.81.